The summed E-state index contributed by atoms with van der Waals surface area (Å²) in [5, 5.41) is 15.4. The van der Waals surface area contributed by atoms with Crippen molar-refractivity contribution in [1.82, 2.24) is 4.98 Å². The summed E-state index contributed by atoms with van der Waals surface area (Å²) in [6.45, 7) is 8.12. The van der Waals surface area contributed by atoms with E-state index in [2.05, 4.69) is 31.1 Å². The SMILES string of the molecule is Cc1ccc(-c2nc(CC(=O)Nc3cc(C(C)(C)C)ccc3O)cs2)o1. The number of hydrogen-bond donors (Lipinski definition) is 2. The van der Waals surface area contributed by atoms with E-state index < -0.39 is 0 Å². The van der Waals surface area contributed by atoms with Crippen LogP contribution in [-0.4, -0.2) is 16.0 Å². The van der Waals surface area contributed by atoms with Crippen LogP contribution in [0.15, 0.2) is 40.1 Å². The van der Waals surface area contributed by atoms with Crippen LogP contribution in [0.5, 0.6) is 5.75 Å². The third kappa shape index (κ3) is 4.14. The molecule has 1 amide bonds. The van der Waals surface area contributed by atoms with Gasteiger partial charge in [0.2, 0.25) is 5.91 Å². The third-order valence-corrected chi connectivity index (χ3v) is 4.89. The van der Waals surface area contributed by atoms with E-state index in [0.717, 1.165) is 16.3 Å². The minimum atomic E-state index is -0.223. The van der Waals surface area contributed by atoms with Crippen LogP contribution in [0.4, 0.5) is 5.69 Å². The van der Waals surface area contributed by atoms with Gasteiger partial charge in [0.25, 0.3) is 0 Å². The predicted molar refractivity (Wildman–Crippen MR) is 104 cm³/mol. The Morgan fingerprint density at radius 2 is 2.04 bits per heavy atom. The highest BCUT2D eigenvalue weighted by Gasteiger charge is 2.17. The molecule has 0 bridgehead atoms. The van der Waals surface area contributed by atoms with E-state index in [9.17, 15) is 9.90 Å². The average molecular weight is 370 g/mol. The topological polar surface area (TPSA) is 75.4 Å². The van der Waals surface area contributed by atoms with Crippen molar-refractivity contribution in [2.45, 2.75) is 39.5 Å². The second-order valence-electron chi connectivity index (χ2n) is 7.26. The standard InChI is InChI=1S/C20H22N2O3S/c1-12-5-8-17(25-12)19-21-14(11-26-19)10-18(24)22-15-9-13(20(2,3)4)6-7-16(15)23/h5-9,11,23H,10H2,1-4H3,(H,22,24). The van der Waals surface area contributed by atoms with Crippen molar-refractivity contribution in [2.24, 2.45) is 0 Å². The van der Waals surface area contributed by atoms with Crippen LogP contribution < -0.4 is 5.32 Å². The minimum absolute atomic E-state index is 0.0522. The summed E-state index contributed by atoms with van der Waals surface area (Å²) in [6, 6.07) is 9.03. The summed E-state index contributed by atoms with van der Waals surface area (Å²) in [5.74, 6) is 1.36. The second-order valence-corrected chi connectivity index (χ2v) is 8.12. The number of anilines is 1. The Morgan fingerprint density at radius 3 is 2.69 bits per heavy atom. The van der Waals surface area contributed by atoms with Gasteiger partial charge in [0.05, 0.1) is 17.8 Å². The predicted octanol–water partition coefficient (Wildman–Crippen LogP) is 4.90. The highest BCUT2D eigenvalue weighted by atomic mass is 32.1. The van der Waals surface area contributed by atoms with Crippen LogP contribution in [0.2, 0.25) is 0 Å². The lowest BCUT2D eigenvalue weighted by molar-refractivity contribution is -0.115. The first-order chi connectivity index (χ1) is 12.2. The fourth-order valence-electron chi connectivity index (χ4n) is 2.51. The fraction of sp³-hybridized carbons (Fsp3) is 0.300. The lowest BCUT2D eigenvalue weighted by Gasteiger charge is -2.20. The molecule has 0 atom stereocenters. The number of aromatic hydroxyl groups is 1. The summed E-state index contributed by atoms with van der Waals surface area (Å²) in [4.78, 5) is 16.8. The molecule has 0 aliphatic heterocycles. The Bertz CT molecular complexity index is 935. The van der Waals surface area contributed by atoms with Gasteiger partial charge in [0.1, 0.15) is 11.5 Å². The first-order valence-corrected chi connectivity index (χ1v) is 9.25. The minimum Gasteiger partial charge on any atom is -0.506 e. The lowest BCUT2D eigenvalue weighted by atomic mass is 9.87. The Kier molecular flexibility index (Phi) is 4.87. The lowest BCUT2D eigenvalue weighted by Crippen LogP contribution is -2.16. The van der Waals surface area contributed by atoms with Crippen LogP contribution >= 0.6 is 11.3 Å². The molecule has 2 N–H and O–H groups in total. The molecule has 0 spiro atoms. The molecule has 6 heteroatoms. The van der Waals surface area contributed by atoms with Crippen LogP contribution in [0.25, 0.3) is 10.8 Å². The zero-order chi connectivity index (χ0) is 18.9. The number of carbonyl (C=O) groups excluding carboxylic acids is 1. The summed E-state index contributed by atoms with van der Waals surface area (Å²) in [5.41, 5.74) is 2.05. The van der Waals surface area contributed by atoms with Gasteiger partial charge in [-0.05, 0) is 42.2 Å². The number of carbonyl (C=O) groups is 1. The van der Waals surface area contributed by atoms with Crippen molar-refractivity contribution < 1.29 is 14.3 Å². The van der Waals surface area contributed by atoms with Gasteiger partial charge >= 0.3 is 0 Å². The molecule has 2 heterocycles. The number of furan rings is 1. The van der Waals surface area contributed by atoms with Gasteiger partial charge in [0, 0.05) is 5.38 Å². The first-order valence-electron chi connectivity index (χ1n) is 8.37. The molecule has 136 valence electrons. The number of thiazole rings is 1. The van der Waals surface area contributed by atoms with E-state index in [1.807, 2.05) is 36.6 Å². The Hall–Kier alpha value is -2.60. The molecule has 0 saturated carbocycles. The van der Waals surface area contributed by atoms with Crippen molar-refractivity contribution in [1.29, 1.82) is 0 Å². The van der Waals surface area contributed by atoms with E-state index in [1.165, 1.54) is 11.3 Å². The molecular formula is C20H22N2O3S. The molecular weight excluding hydrogens is 348 g/mol. The number of aromatic nitrogens is 1. The summed E-state index contributed by atoms with van der Waals surface area (Å²) in [7, 11) is 0. The molecule has 26 heavy (non-hydrogen) atoms. The maximum absolute atomic E-state index is 12.4. The van der Waals surface area contributed by atoms with Crippen molar-refractivity contribution in [2.75, 3.05) is 5.32 Å². The number of phenolic OH excluding ortho intramolecular Hbond substituents is 1. The Balaban J connectivity index is 1.71. The number of rotatable bonds is 4. The quantitative estimate of drug-likeness (QED) is 0.641. The smallest absolute Gasteiger partial charge is 0.230 e. The molecule has 0 saturated heterocycles. The van der Waals surface area contributed by atoms with Crippen molar-refractivity contribution in [3.8, 4) is 16.5 Å². The maximum Gasteiger partial charge on any atom is 0.230 e. The zero-order valence-electron chi connectivity index (χ0n) is 15.3. The van der Waals surface area contributed by atoms with E-state index in [-0.39, 0.29) is 23.5 Å². The van der Waals surface area contributed by atoms with Crippen LogP contribution in [-0.2, 0) is 16.6 Å². The van der Waals surface area contributed by atoms with Gasteiger partial charge in [0.15, 0.2) is 10.8 Å². The molecule has 5 nitrogen and oxygen atoms in total. The van der Waals surface area contributed by atoms with Gasteiger partial charge < -0.3 is 14.8 Å². The van der Waals surface area contributed by atoms with Gasteiger partial charge in [-0.1, -0.05) is 26.8 Å². The molecule has 0 unspecified atom stereocenters. The number of nitrogens with one attached hydrogen (secondary N) is 1. The Morgan fingerprint density at radius 1 is 1.27 bits per heavy atom. The van der Waals surface area contributed by atoms with E-state index >= 15 is 0 Å². The highest BCUT2D eigenvalue weighted by molar-refractivity contribution is 7.13. The molecule has 0 aliphatic rings. The second kappa shape index (κ2) is 6.96. The van der Waals surface area contributed by atoms with Crippen LogP contribution in [0.1, 0.15) is 37.8 Å². The number of nitrogens with zero attached hydrogens (tertiary/aromatic N) is 1. The number of amides is 1. The van der Waals surface area contributed by atoms with Crippen molar-refractivity contribution in [3.63, 3.8) is 0 Å². The summed E-state index contributed by atoms with van der Waals surface area (Å²) in [6.07, 6.45) is 0.134. The molecule has 0 aliphatic carbocycles. The normalized spacial score (nSPS) is 11.5. The number of aryl methyl sites for hydroxylation is 1. The summed E-state index contributed by atoms with van der Waals surface area (Å²) >= 11 is 1.44. The third-order valence-electron chi connectivity index (χ3n) is 3.98. The highest BCUT2D eigenvalue weighted by Crippen LogP contribution is 2.31. The van der Waals surface area contributed by atoms with Gasteiger partial charge in [-0.25, -0.2) is 4.98 Å². The van der Waals surface area contributed by atoms with Gasteiger partial charge in [-0.3, -0.25) is 4.79 Å². The van der Waals surface area contributed by atoms with Crippen molar-refractivity contribution in [3.05, 3.63) is 52.7 Å². The van der Waals surface area contributed by atoms with Crippen LogP contribution in [0.3, 0.4) is 0 Å². The molecule has 0 fully saturated rings. The van der Waals surface area contributed by atoms with Crippen LogP contribution in [0, 0.1) is 6.92 Å². The molecule has 2 aromatic heterocycles. The monoisotopic (exact) mass is 370 g/mol. The maximum atomic E-state index is 12.4. The zero-order valence-corrected chi connectivity index (χ0v) is 16.1. The molecule has 1 aromatic carbocycles. The number of hydrogen-bond acceptors (Lipinski definition) is 5. The summed E-state index contributed by atoms with van der Waals surface area (Å²) < 4.78 is 5.56. The largest absolute Gasteiger partial charge is 0.506 e. The van der Waals surface area contributed by atoms with Gasteiger partial charge in [-0.2, -0.15) is 0 Å². The first kappa shape index (κ1) is 18.2. The van der Waals surface area contributed by atoms with E-state index in [0.29, 0.717) is 17.1 Å². The molecule has 3 aromatic rings. The number of phenols is 1. The molecule has 0 radical (unpaired) electrons. The average Bonchev–Trinajstić information content (AvgIpc) is 3.17. The van der Waals surface area contributed by atoms with E-state index in [1.54, 1.807) is 6.07 Å². The van der Waals surface area contributed by atoms with E-state index in [4.69, 9.17) is 4.42 Å². The van der Waals surface area contributed by atoms with Crippen molar-refractivity contribution >= 4 is 22.9 Å². The Labute approximate surface area is 156 Å². The fourth-order valence-corrected chi connectivity index (χ4v) is 3.29. The number of benzene rings is 1. The molecule has 3 rings (SSSR count). The van der Waals surface area contributed by atoms with Gasteiger partial charge in [-0.15, -0.1) is 11.3 Å².